The number of hydrogen-bond donors (Lipinski definition) is 0. The van der Waals surface area contributed by atoms with Crippen LogP contribution in [-0.4, -0.2) is 18.2 Å². The molecule has 0 atom stereocenters. The first-order valence-corrected chi connectivity index (χ1v) is 5.12. The van der Waals surface area contributed by atoms with Crippen LogP contribution in [0.1, 0.15) is 13.3 Å². The van der Waals surface area contributed by atoms with E-state index in [0.717, 1.165) is 6.92 Å². The quantitative estimate of drug-likeness (QED) is 0.583. The molecule has 0 aliphatic heterocycles. The van der Waals surface area contributed by atoms with Crippen LogP contribution in [0.4, 0.5) is 26.3 Å². The SMILES string of the molecule is CCC(=O)P(=O)(OC(F)(F)F)OC(F)(F)F. The van der Waals surface area contributed by atoms with E-state index < -0.39 is 32.3 Å². The average molecular weight is 274 g/mol. The zero-order chi connectivity index (χ0) is 13.2. The maximum Gasteiger partial charge on any atom is 0.529 e. The maximum absolute atomic E-state index is 11.6. The molecule has 0 saturated carbocycles. The molecular weight excluding hydrogens is 269 g/mol. The summed E-state index contributed by atoms with van der Waals surface area (Å²) in [5, 5.41) is 0. The van der Waals surface area contributed by atoms with Crippen LogP contribution in [0.2, 0.25) is 0 Å². The predicted octanol–water partition coefficient (Wildman–Crippen LogP) is 3.19. The highest BCUT2D eigenvalue weighted by atomic mass is 31.2. The molecule has 0 amide bonds. The van der Waals surface area contributed by atoms with E-state index in [0.29, 0.717) is 0 Å². The Morgan fingerprint density at radius 2 is 1.38 bits per heavy atom. The van der Waals surface area contributed by atoms with E-state index in [2.05, 4.69) is 9.05 Å². The van der Waals surface area contributed by atoms with Gasteiger partial charge in [0.05, 0.1) is 0 Å². The minimum Gasteiger partial charge on any atom is -0.286 e. The standard InChI is InChI=1S/C5H5F6O4P/c1-2-3(12)16(13,14-4(6,7)8)15-5(9,10)11/h2H2,1H3. The van der Waals surface area contributed by atoms with Crippen molar-refractivity contribution in [3.63, 3.8) is 0 Å². The monoisotopic (exact) mass is 274 g/mol. The molecule has 4 nitrogen and oxygen atoms in total. The highest BCUT2D eigenvalue weighted by molar-refractivity contribution is 7.71. The van der Waals surface area contributed by atoms with Crippen molar-refractivity contribution in [3.05, 3.63) is 0 Å². The molecular formula is C5H5F6O4P. The third-order valence-corrected chi connectivity index (χ3v) is 2.88. The van der Waals surface area contributed by atoms with Gasteiger partial charge in [-0.1, -0.05) is 6.92 Å². The van der Waals surface area contributed by atoms with E-state index >= 15 is 0 Å². The molecule has 0 N–H and O–H groups in total. The minimum atomic E-state index is -5.94. The second-order valence-electron chi connectivity index (χ2n) is 2.32. The maximum atomic E-state index is 11.6. The second kappa shape index (κ2) is 4.72. The fourth-order valence-corrected chi connectivity index (χ4v) is 1.76. The van der Waals surface area contributed by atoms with Gasteiger partial charge < -0.3 is 0 Å². The molecule has 0 unspecified atom stereocenters. The van der Waals surface area contributed by atoms with Crippen molar-refractivity contribution < 1.29 is 44.7 Å². The van der Waals surface area contributed by atoms with Crippen molar-refractivity contribution in [2.75, 3.05) is 0 Å². The van der Waals surface area contributed by atoms with E-state index in [9.17, 15) is 35.7 Å². The Morgan fingerprint density at radius 3 is 1.56 bits per heavy atom. The summed E-state index contributed by atoms with van der Waals surface area (Å²) in [4.78, 5) is 10.7. The van der Waals surface area contributed by atoms with Gasteiger partial charge in [-0.3, -0.25) is 9.36 Å². The molecule has 11 heteroatoms. The van der Waals surface area contributed by atoms with Gasteiger partial charge in [0.1, 0.15) is 0 Å². The molecule has 0 aromatic carbocycles. The molecule has 16 heavy (non-hydrogen) atoms. The molecule has 96 valence electrons. The first kappa shape index (κ1) is 15.4. The molecule has 0 saturated heterocycles. The lowest BCUT2D eigenvalue weighted by atomic mass is 10.6. The minimum absolute atomic E-state index is 0.858. The lowest BCUT2D eigenvalue weighted by Gasteiger charge is -2.18. The Labute approximate surface area is 85.0 Å². The molecule has 0 aromatic rings. The Kier molecular flexibility index (Phi) is 4.55. The number of hydrogen-bond acceptors (Lipinski definition) is 4. The first-order chi connectivity index (χ1) is 6.90. The van der Waals surface area contributed by atoms with Crippen LogP contribution in [0.25, 0.3) is 0 Å². The zero-order valence-corrected chi connectivity index (χ0v) is 8.45. The summed E-state index contributed by atoms with van der Waals surface area (Å²) in [6, 6.07) is 0. The molecule has 0 bridgehead atoms. The lowest BCUT2D eigenvalue weighted by Crippen LogP contribution is -2.21. The van der Waals surface area contributed by atoms with Crippen LogP contribution >= 0.6 is 7.60 Å². The summed E-state index contributed by atoms with van der Waals surface area (Å²) in [5.41, 5.74) is -1.91. The molecule has 0 spiro atoms. The molecule has 0 radical (unpaired) electrons. The number of alkyl halides is 6. The van der Waals surface area contributed by atoms with Gasteiger partial charge in [0.15, 0.2) is 0 Å². The van der Waals surface area contributed by atoms with Crippen molar-refractivity contribution in [2.24, 2.45) is 0 Å². The normalized spacial score (nSPS) is 13.9. The van der Waals surface area contributed by atoms with Gasteiger partial charge in [0, 0.05) is 6.42 Å². The summed E-state index contributed by atoms with van der Waals surface area (Å²) < 4.78 is 85.9. The molecule has 0 rings (SSSR count). The summed E-state index contributed by atoms with van der Waals surface area (Å²) in [6.07, 6.45) is -12.2. The van der Waals surface area contributed by atoms with Gasteiger partial charge in [-0.05, 0) is 0 Å². The third-order valence-electron chi connectivity index (χ3n) is 1.06. The summed E-state index contributed by atoms with van der Waals surface area (Å²) in [5.74, 6) is 0. The van der Waals surface area contributed by atoms with E-state index in [1.54, 1.807) is 0 Å². The Bertz CT molecular complexity index is 287. The van der Waals surface area contributed by atoms with Crippen LogP contribution in [0, 0.1) is 0 Å². The van der Waals surface area contributed by atoms with Gasteiger partial charge in [0.25, 0.3) is 0 Å². The zero-order valence-electron chi connectivity index (χ0n) is 7.56. The van der Waals surface area contributed by atoms with E-state index in [1.807, 2.05) is 0 Å². The fraction of sp³-hybridized carbons (Fsp3) is 0.800. The number of rotatable bonds is 4. The Morgan fingerprint density at radius 1 is 1.06 bits per heavy atom. The summed E-state index contributed by atoms with van der Waals surface area (Å²) >= 11 is 0. The van der Waals surface area contributed by atoms with Crippen molar-refractivity contribution in [1.29, 1.82) is 0 Å². The summed E-state index contributed by atoms with van der Waals surface area (Å²) in [7, 11) is -5.94. The first-order valence-electron chi connectivity index (χ1n) is 3.58. The summed E-state index contributed by atoms with van der Waals surface area (Å²) in [6.45, 7) is 0.911. The van der Waals surface area contributed by atoms with Crippen LogP contribution in [0.5, 0.6) is 0 Å². The predicted molar refractivity (Wildman–Crippen MR) is 37.2 cm³/mol. The third kappa shape index (κ3) is 5.47. The molecule has 0 aliphatic carbocycles. The van der Waals surface area contributed by atoms with Gasteiger partial charge in [0.2, 0.25) is 5.52 Å². The fourth-order valence-electron chi connectivity index (χ4n) is 0.587. The topological polar surface area (TPSA) is 52.6 Å². The van der Waals surface area contributed by atoms with Crippen molar-refractivity contribution in [3.8, 4) is 0 Å². The van der Waals surface area contributed by atoms with E-state index in [4.69, 9.17) is 0 Å². The van der Waals surface area contributed by atoms with Crippen molar-refractivity contribution in [2.45, 2.75) is 26.1 Å². The van der Waals surface area contributed by atoms with Crippen LogP contribution < -0.4 is 0 Å². The van der Waals surface area contributed by atoms with Gasteiger partial charge in [-0.25, -0.2) is 9.05 Å². The molecule has 0 aromatic heterocycles. The average Bonchev–Trinajstić information content (AvgIpc) is 1.95. The van der Waals surface area contributed by atoms with Crippen molar-refractivity contribution in [1.82, 2.24) is 0 Å². The Balaban J connectivity index is 5.07. The van der Waals surface area contributed by atoms with Crippen LogP contribution in [-0.2, 0) is 18.4 Å². The largest absolute Gasteiger partial charge is 0.529 e. The van der Waals surface area contributed by atoms with Gasteiger partial charge >= 0.3 is 20.3 Å². The Hall–Kier alpha value is -0.600. The van der Waals surface area contributed by atoms with E-state index in [1.165, 1.54) is 0 Å². The number of carbonyl (C=O) groups is 1. The van der Waals surface area contributed by atoms with Crippen LogP contribution in [0.3, 0.4) is 0 Å². The number of halogens is 6. The lowest BCUT2D eigenvalue weighted by molar-refractivity contribution is -0.306. The highest BCUT2D eigenvalue weighted by Gasteiger charge is 2.52. The van der Waals surface area contributed by atoms with Crippen LogP contribution in [0.15, 0.2) is 0 Å². The van der Waals surface area contributed by atoms with Gasteiger partial charge in [-0.2, -0.15) is 0 Å². The second-order valence-corrected chi connectivity index (χ2v) is 4.18. The van der Waals surface area contributed by atoms with Gasteiger partial charge in [-0.15, -0.1) is 26.3 Å². The van der Waals surface area contributed by atoms with Crippen molar-refractivity contribution >= 4 is 13.1 Å². The molecule has 0 aliphatic rings. The highest BCUT2D eigenvalue weighted by Crippen LogP contribution is 2.57. The smallest absolute Gasteiger partial charge is 0.286 e. The molecule has 0 fully saturated rings. The number of carbonyl (C=O) groups excluding carboxylic acids is 1. The van der Waals surface area contributed by atoms with E-state index in [-0.39, 0.29) is 0 Å². The molecule has 0 heterocycles.